The van der Waals surface area contributed by atoms with Crippen LogP contribution in [-0.2, 0) is 16.6 Å². The molecular weight excluding hydrogens is 248 g/mol. The highest BCUT2D eigenvalue weighted by Crippen LogP contribution is 2.32. The third-order valence-electron chi connectivity index (χ3n) is 3.17. The van der Waals surface area contributed by atoms with Gasteiger partial charge in [-0.1, -0.05) is 12.1 Å². The van der Waals surface area contributed by atoms with Gasteiger partial charge >= 0.3 is 0 Å². The number of hydrogen-bond donors (Lipinski definition) is 1. The minimum Gasteiger partial charge on any atom is -0.399 e. The molecule has 2 N–H and O–H groups in total. The molecule has 0 bridgehead atoms. The number of benzene rings is 1. The number of anilines is 1. The van der Waals surface area contributed by atoms with Crippen molar-refractivity contribution in [2.45, 2.75) is 44.5 Å². The van der Waals surface area contributed by atoms with Gasteiger partial charge in [0.2, 0.25) is 10.0 Å². The summed E-state index contributed by atoms with van der Waals surface area (Å²) in [6.45, 7) is 4.26. The van der Waals surface area contributed by atoms with Gasteiger partial charge in [-0.2, -0.15) is 4.31 Å². The van der Waals surface area contributed by atoms with Gasteiger partial charge in [0.05, 0.1) is 5.25 Å². The lowest BCUT2D eigenvalue weighted by atomic mass is 10.2. The summed E-state index contributed by atoms with van der Waals surface area (Å²) in [5.41, 5.74) is 7.30. The van der Waals surface area contributed by atoms with Crippen LogP contribution in [0.5, 0.6) is 0 Å². The second kappa shape index (κ2) is 4.90. The van der Waals surface area contributed by atoms with Gasteiger partial charge in [-0.15, -0.1) is 0 Å². The average molecular weight is 268 g/mol. The Kier molecular flexibility index (Phi) is 3.64. The van der Waals surface area contributed by atoms with Crippen LogP contribution in [0.3, 0.4) is 0 Å². The van der Waals surface area contributed by atoms with Crippen molar-refractivity contribution < 1.29 is 8.42 Å². The van der Waals surface area contributed by atoms with Gasteiger partial charge in [-0.05, 0) is 44.4 Å². The quantitative estimate of drug-likeness (QED) is 0.830. The zero-order chi connectivity index (χ0) is 13.3. The van der Waals surface area contributed by atoms with Gasteiger partial charge in [-0.25, -0.2) is 8.42 Å². The molecule has 0 aliphatic heterocycles. The molecule has 0 heterocycles. The largest absolute Gasteiger partial charge is 0.399 e. The molecule has 1 aliphatic carbocycles. The van der Waals surface area contributed by atoms with E-state index in [2.05, 4.69) is 0 Å². The lowest BCUT2D eigenvalue weighted by Gasteiger charge is -2.26. The summed E-state index contributed by atoms with van der Waals surface area (Å²) in [6, 6.07) is 7.35. The number of nitrogen functional groups attached to an aromatic ring is 1. The minimum atomic E-state index is -3.13. The molecule has 0 aromatic heterocycles. The third-order valence-corrected chi connectivity index (χ3v) is 5.68. The van der Waals surface area contributed by atoms with Crippen LogP contribution in [0, 0.1) is 0 Å². The van der Waals surface area contributed by atoms with E-state index in [9.17, 15) is 8.42 Å². The Balaban J connectivity index is 2.19. The maximum absolute atomic E-state index is 12.3. The monoisotopic (exact) mass is 268 g/mol. The Labute approximate surface area is 109 Å². The summed E-state index contributed by atoms with van der Waals surface area (Å²) in [5.74, 6) is 0. The van der Waals surface area contributed by atoms with Crippen molar-refractivity contribution in [3.05, 3.63) is 29.8 Å². The van der Waals surface area contributed by atoms with Gasteiger partial charge < -0.3 is 5.73 Å². The summed E-state index contributed by atoms with van der Waals surface area (Å²) < 4.78 is 26.2. The fourth-order valence-electron chi connectivity index (χ4n) is 1.93. The lowest BCUT2D eigenvalue weighted by molar-refractivity contribution is 0.347. The number of sulfonamides is 1. The van der Waals surface area contributed by atoms with E-state index >= 15 is 0 Å². The molecule has 100 valence electrons. The first kappa shape index (κ1) is 13.4. The molecule has 1 fully saturated rings. The lowest BCUT2D eigenvalue weighted by Crippen LogP contribution is -2.38. The van der Waals surface area contributed by atoms with E-state index in [0.29, 0.717) is 12.2 Å². The van der Waals surface area contributed by atoms with Crippen molar-refractivity contribution in [1.29, 1.82) is 0 Å². The van der Waals surface area contributed by atoms with Crippen molar-refractivity contribution >= 4 is 15.7 Å². The first-order valence-corrected chi connectivity index (χ1v) is 7.76. The minimum absolute atomic E-state index is 0.0202. The van der Waals surface area contributed by atoms with Crippen LogP contribution in [0.25, 0.3) is 0 Å². The van der Waals surface area contributed by atoms with Crippen LogP contribution < -0.4 is 5.73 Å². The molecule has 2 rings (SSSR count). The van der Waals surface area contributed by atoms with Gasteiger partial charge in [0.25, 0.3) is 0 Å². The summed E-state index contributed by atoms with van der Waals surface area (Å²) in [5, 5.41) is -0.159. The molecule has 0 spiro atoms. The Bertz CT molecular complexity index is 504. The van der Waals surface area contributed by atoms with Crippen molar-refractivity contribution in [2.24, 2.45) is 0 Å². The number of rotatable bonds is 5. The van der Waals surface area contributed by atoms with Crippen molar-refractivity contribution in [1.82, 2.24) is 4.31 Å². The van der Waals surface area contributed by atoms with Crippen molar-refractivity contribution in [3.63, 3.8) is 0 Å². The van der Waals surface area contributed by atoms with E-state index in [1.54, 1.807) is 16.4 Å². The highest BCUT2D eigenvalue weighted by atomic mass is 32.2. The number of nitrogens with zero attached hydrogens (tertiary/aromatic N) is 1. The van der Waals surface area contributed by atoms with Gasteiger partial charge in [0.15, 0.2) is 0 Å². The van der Waals surface area contributed by atoms with Crippen LogP contribution in [0.2, 0.25) is 0 Å². The Morgan fingerprint density at radius 2 is 1.83 bits per heavy atom. The Hall–Kier alpha value is -1.07. The van der Waals surface area contributed by atoms with E-state index in [1.807, 2.05) is 26.0 Å². The second-order valence-corrected chi connectivity index (χ2v) is 7.29. The molecule has 5 heteroatoms. The SMILES string of the molecule is CC(C)N(Cc1ccc(N)cc1)S(=O)(=O)C1CC1. The van der Waals surface area contributed by atoms with E-state index in [4.69, 9.17) is 5.73 Å². The molecule has 18 heavy (non-hydrogen) atoms. The second-order valence-electron chi connectivity index (χ2n) is 5.12. The van der Waals surface area contributed by atoms with Crippen LogP contribution in [-0.4, -0.2) is 24.0 Å². The first-order valence-electron chi connectivity index (χ1n) is 6.26. The average Bonchev–Trinajstić information content (AvgIpc) is 3.11. The molecule has 0 unspecified atom stereocenters. The van der Waals surface area contributed by atoms with E-state index in [0.717, 1.165) is 18.4 Å². The molecule has 0 saturated heterocycles. The molecule has 0 atom stereocenters. The summed E-state index contributed by atoms with van der Waals surface area (Å²) in [4.78, 5) is 0. The highest BCUT2D eigenvalue weighted by Gasteiger charge is 2.40. The molecule has 1 aromatic carbocycles. The summed E-state index contributed by atoms with van der Waals surface area (Å²) in [6.07, 6.45) is 1.60. The third kappa shape index (κ3) is 2.84. The molecule has 0 radical (unpaired) electrons. The number of hydrogen-bond acceptors (Lipinski definition) is 3. The van der Waals surface area contributed by atoms with Crippen molar-refractivity contribution in [2.75, 3.05) is 5.73 Å². The summed E-state index contributed by atoms with van der Waals surface area (Å²) >= 11 is 0. The topological polar surface area (TPSA) is 63.4 Å². The zero-order valence-corrected chi connectivity index (χ0v) is 11.7. The maximum atomic E-state index is 12.3. The van der Waals surface area contributed by atoms with E-state index in [-0.39, 0.29) is 11.3 Å². The molecule has 1 aromatic rings. The molecule has 0 amide bonds. The fraction of sp³-hybridized carbons (Fsp3) is 0.538. The molecule has 1 aliphatic rings. The maximum Gasteiger partial charge on any atom is 0.217 e. The van der Waals surface area contributed by atoms with Crippen molar-refractivity contribution in [3.8, 4) is 0 Å². The molecular formula is C13H20N2O2S. The Morgan fingerprint density at radius 1 is 1.28 bits per heavy atom. The van der Waals surface area contributed by atoms with Gasteiger partial charge in [0.1, 0.15) is 0 Å². The highest BCUT2D eigenvalue weighted by molar-refractivity contribution is 7.90. The molecule has 4 nitrogen and oxygen atoms in total. The fourth-order valence-corrected chi connectivity index (χ4v) is 3.96. The smallest absolute Gasteiger partial charge is 0.217 e. The van der Waals surface area contributed by atoms with E-state index in [1.165, 1.54) is 0 Å². The summed E-state index contributed by atoms with van der Waals surface area (Å²) in [7, 11) is -3.13. The van der Waals surface area contributed by atoms with Crippen LogP contribution >= 0.6 is 0 Å². The predicted molar refractivity (Wildman–Crippen MR) is 73.5 cm³/mol. The van der Waals surface area contributed by atoms with Crippen LogP contribution in [0.15, 0.2) is 24.3 Å². The van der Waals surface area contributed by atoms with Crippen LogP contribution in [0.1, 0.15) is 32.3 Å². The standard InChI is InChI=1S/C13H20N2O2S/c1-10(2)15(18(16,17)13-7-8-13)9-11-3-5-12(14)6-4-11/h3-6,10,13H,7-9,14H2,1-2H3. The van der Waals surface area contributed by atoms with E-state index < -0.39 is 10.0 Å². The zero-order valence-electron chi connectivity index (χ0n) is 10.8. The van der Waals surface area contributed by atoms with Gasteiger partial charge in [-0.3, -0.25) is 0 Å². The molecule has 1 saturated carbocycles. The van der Waals surface area contributed by atoms with Crippen LogP contribution in [0.4, 0.5) is 5.69 Å². The Morgan fingerprint density at radius 3 is 2.28 bits per heavy atom. The number of nitrogens with two attached hydrogens (primary N) is 1. The van der Waals surface area contributed by atoms with Gasteiger partial charge in [0, 0.05) is 18.3 Å². The normalized spacial score (nSPS) is 16.4. The first-order chi connectivity index (χ1) is 8.41. The predicted octanol–water partition coefficient (Wildman–Crippen LogP) is 1.97.